The molecule has 0 fully saturated rings. The fourth-order valence-electron chi connectivity index (χ4n) is 1.49. The van der Waals surface area contributed by atoms with Crippen molar-refractivity contribution in [3.63, 3.8) is 0 Å². The van der Waals surface area contributed by atoms with Crippen LogP contribution in [0.1, 0.15) is 15.9 Å². The van der Waals surface area contributed by atoms with Crippen molar-refractivity contribution >= 4 is 29.3 Å². The van der Waals surface area contributed by atoms with E-state index in [1.807, 2.05) is 0 Å². The summed E-state index contributed by atoms with van der Waals surface area (Å²) in [7, 11) is 1.47. The number of thioether (sulfide) groups is 1. The quantitative estimate of drug-likeness (QED) is 0.899. The van der Waals surface area contributed by atoms with E-state index in [1.165, 1.54) is 13.1 Å². The van der Waals surface area contributed by atoms with E-state index in [9.17, 15) is 22.8 Å². The number of halogens is 3. The van der Waals surface area contributed by atoms with E-state index in [-0.39, 0.29) is 5.91 Å². The molecule has 0 aromatic heterocycles. The summed E-state index contributed by atoms with van der Waals surface area (Å²) in [6, 6.07) is 4.64. The number of hydrogen-bond donors (Lipinski definition) is 2. The molecule has 0 aliphatic heterocycles. The van der Waals surface area contributed by atoms with Crippen molar-refractivity contribution in [3.05, 3.63) is 29.3 Å². The van der Waals surface area contributed by atoms with Gasteiger partial charge in [-0.2, -0.15) is 13.2 Å². The molecule has 110 valence electrons. The number of rotatable bonds is 4. The number of hydrogen-bond acceptors (Lipinski definition) is 3. The van der Waals surface area contributed by atoms with Crippen molar-refractivity contribution in [2.45, 2.75) is 12.4 Å². The van der Waals surface area contributed by atoms with Gasteiger partial charge in [0.05, 0.1) is 5.75 Å². The molecule has 4 nitrogen and oxygen atoms in total. The molecule has 1 aromatic rings. The lowest BCUT2D eigenvalue weighted by molar-refractivity contribution is -0.114. The van der Waals surface area contributed by atoms with E-state index in [4.69, 9.17) is 0 Å². The smallest absolute Gasteiger partial charge is 0.355 e. The highest BCUT2D eigenvalue weighted by Gasteiger charge is 2.29. The largest absolute Gasteiger partial charge is 0.442 e. The van der Waals surface area contributed by atoms with Crippen molar-refractivity contribution in [1.82, 2.24) is 5.32 Å². The van der Waals surface area contributed by atoms with Gasteiger partial charge >= 0.3 is 5.51 Å². The number of carbonyl (C=O) groups excluding carboxylic acids is 2. The third kappa shape index (κ3) is 4.76. The lowest BCUT2D eigenvalue weighted by Crippen LogP contribution is -2.21. The van der Waals surface area contributed by atoms with Crippen LogP contribution in [0.3, 0.4) is 0 Å². The lowest BCUT2D eigenvalue weighted by Gasteiger charge is -2.12. The molecule has 0 saturated carbocycles. The summed E-state index contributed by atoms with van der Waals surface area (Å²) in [5.74, 6) is -1.83. The Morgan fingerprint density at radius 1 is 1.30 bits per heavy atom. The van der Waals surface area contributed by atoms with Gasteiger partial charge in [-0.15, -0.1) is 0 Å². The summed E-state index contributed by atoms with van der Waals surface area (Å²) < 4.78 is 35.9. The van der Waals surface area contributed by atoms with Crippen LogP contribution in [0.25, 0.3) is 0 Å². The zero-order valence-electron chi connectivity index (χ0n) is 10.8. The molecule has 2 N–H and O–H groups in total. The third-order valence-corrected chi connectivity index (χ3v) is 3.18. The Morgan fingerprint density at radius 2 is 1.95 bits per heavy atom. The Hall–Kier alpha value is -1.70. The SMILES string of the molecule is CNC(=O)c1cccc(NC(=O)CSC(F)(F)F)c1C. The third-order valence-electron chi connectivity index (χ3n) is 2.45. The highest BCUT2D eigenvalue weighted by atomic mass is 32.2. The molecule has 0 aliphatic carbocycles. The van der Waals surface area contributed by atoms with Gasteiger partial charge in [0.15, 0.2) is 0 Å². The maximum atomic E-state index is 12.0. The summed E-state index contributed by atoms with van der Waals surface area (Å²) in [6.45, 7) is 1.61. The van der Waals surface area contributed by atoms with Crippen LogP contribution in [0.5, 0.6) is 0 Å². The molecule has 8 heteroatoms. The average Bonchev–Trinajstić information content (AvgIpc) is 2.37. The molecular formula is C12H13F3N2O2S. The standard InChI is InChI=1S/C12H13F3N2O2S/c1-7-8(11(19)16-2)4-3-5-9(7)17-10(18)6-20-12(13,14)15/h3-5H,6H2,1-2H3,(H,16,19)(H,17,18). The summed E-state index contributed by atoms with van der Waals surface area (Å²) in [5, 5.41) is 4.81. The predicted molar refractivity (Wildman–Crippen MR) is 71.7 cm³/mol. The minimum atomic E-state index is -4.45. The Kier molecular flexibility index (Phi) is 5.43. The fraction of sp³-hybridized carbons (Fsp3) is 0.333. The molecule has 1 rings (SSSR count). The van der Waals surface area contributed by atoms with Crippen molar-refractivity contribution in [1.29, 1.82) is 0 Å². The first kappa shape index (κ1) is 16.4. The van der Waals surface area contributed by atoms with Gasteiger partial charge in [0, 0.05) is 18.3 Å². The molecule has 0 unspecified atom stereocenters. The second-order valence-corrected chi connectivity index (χ2v) is 4.88. The Balaban J connectivity index is 2.78. The molecule has 1 aromatic carbocycles. The highest BCUT2D eigenvalue weighted by molar-refractivity contribution is 8.00. The maximum Gasteiger partial charge on any atom is 0.442 e. The van der Waals surface area contributed by atoms with Gasteiger partial charge in [-0.25, -0.2) is 0 Å². The predicted octanol–water partition coefficient (Wildman–Crippen LogP) is 2.55. The van der Waals surface area contributed by atoms with Gasteiger partial charge in [-0.05, 0) is 36.4 Å². The molecule has 2 amide bonds. The van der Waals surface area contributed by atoms with E-state index in [0.29, 0.717) is 16.8 Å². The van der Waals surface area contributed by atoms with Crippen LogP contribution in [-0.2, 0) is 4.79 Å². The van der Waals surface area contributed by atoms with Gasteiger partial charge in [-0.1, -0.05) is 6.07 Å². The first-order valence-corrected chi connectivity index (χ1v) is 6.55. The van der Waals surface area contributed by atoms with Crippen LogP contribution < -0.4 is 10.6 Å². The van der Waals surface area contributed by atoms with Gasteiger partial charge < -0.3 is 10.6 Å². The second kappa shape index (κ2) is 6.65. The first-order chi connectivity index (χ1) is 9.24. The molecule has 0 spiro atoms. The van der Waals surface area contributed by atoms with Crippen molar-refractivity contribution in [2.75, 3.05) is 18.1 Å². The number of alkyl halides is 3. The van der Waals surface area contributed by atoms with Crippen LogP contribution in [0.4, 0.5) is 18.9 Å². The highest BCUT2D eigenvalue weighted by Crippen LogP contribution is 2.30. The minimum Gasteiger partial charge on any atom is -0.355 e. The van der Waals surface area contributed by atoms with Gasteiger partial charge in [0.1, 0.15) is 0 Å². The van der Waals surface area contributed by atoms with Crippen molar-refractivity contribution in [3.8, 4) is 0 Å². The number of benzene rings is 1. The molecule has 0 atom stereocenters. The average molecular weight is 306 g/mol. The van der Waals surface area contributed by atoms with Crippen LogP contribution in [0, 0.1) is 6.92 Å². The fourth-order valence-corrected chi connectivity index (χ4v) is 1.85. The number of amides is 2. The summed E-state index contributed by atoms with van der Waals surface area (Å²) in [4.78, 5) is 23.0. The van der Waals surface area contributed by atoms with Crippen LogP contribution >= 0.6 is 11.8 Å². The normalized spacial score (nSPS) is 11.1. The number of carbonyl (C=O) groups is 2. The maximum absolute atomic E-state index is 12.0. The Labute approximate surface area is 118 Å². The molecule has 20 heavy (non-hydrogen) atoms. The minimum absolute atomic E-state index is 0.318. The Bertz CT molecular complexity index is 518. The van der Waals surface area contributed by atoms with E-state index in [0.717, 1.165) is 0 Å². The van der Waals surface area contributed by atoms with Crippen LogP contribution in [-0.4, -0.2) is 30.1 Å². The number of nitrogens with one attached hydrogen (secondary N) is 2. The van der Waals surface area contributed by atoms with Gasteiger partial charge in [-0.3, -0.25) is 9.59 Å². The molecule has 0 heterocycles. The van der Waals surface area contributed by atoms with E-state index >= 15 is 0 Å². The number of anilines is 1. The monoisotopic (exact) mass is 306 g/mol. The topological polar surface area (TPSA) is 58.2 Å². The molecule has 0 saturated heterocycles. The molecular weight excluding hydrogens is 293 g/mol. The molecule has 0 radical (unpaired) electrons. The van der Waals surface area contributed by atoms with E-state index < -0.39 is 28.9 Å². The van der Waals surface area contributed by atoms with Gasteiger partial charge in [0.25, 0.3) is 5.91 Å². The first-order valence-electron chi connectivity index (χ1n) is 5.57. The summed E-state index contributed by atoms with van der Waals surface area (Å²) in [5.41, 5.74) is -3.28. The zero-order valence-corrected chi connectivity index (χ0v) is 11.6. The van der Waals surface area contributed by atoms with Crippen LogP contribution in [0.15, 0.2) is 18.2 Å². The summed E-state index contributed by atoms with van der Waals surface area (Å²) >= 11 is -0.410. The van der Waals surface area contributed by atoms with E-state index in [1.54, 1.807) is 19.1 Å². The van der Waals surface area contributed by atoms with Gasteiger partial charge in [0.2, 0.25) is 5.91 Å². The van der Waals surface area contributed by atoms with E-state index in [2.05, 4.69) is 10.6 Å². The van der Waals surface area contributed by atoms with Crippen LogP contribution in [0.2, 0.25) is 0 Å². The molecule has 0 aliphatic rings. The van der Waals surface area contributed by atoms with Crippen molar-refractivity contribution < 1.29 is 22.8 Å². The second-order valence-electron chi connectivity index (χ2n) is 3.84. The lowest BCUT2D eigenvalue weighted by atomic mass is 10.1. The Morgan fingerprint density at radius 3 is 2.50 bits per heavy atom. The molecule has 0 bridgehead atoms. The summed E-state index contributed by atoms with van der Waals surface area (Å²) in [6.07, 6.45) is 0. The zero-order chi connectivity index (χ0) is 15.3. The van der Waals surface area contributed by atoms with Crippen molar-refractivity contribution in [2.24, 2.45) is 0 Å².